The lowest BCUT2D eigenvalue weighted by molar-refractivity contribution is -0.137. The number of esters is 1. The maximum atomic E-state index is 13.8. The maximum absolute atomic E-state index is 13.8. The summed E-state index contributed by atoms with van der Waals surface area (Å²) in [5, 5.41) is 0. The lowest BCUT2D eigenvalue weighted by Gasteiger charge is -2.37. The fraction of sp³-hybridized carbons (Fsp3) is 0.733. The molecule has 0 aromatic carbocycles. The van der Waals surface area contributed by atoms with E-state index in [1.54, 1.807) is 27.7 Å². The normalized spacial score (nSPS) is 21.7. The van der Waals surface area contributed by atoms with Crippen molar-refractivity contribution >= 4 is 12.1 Å². The standard InChI is InChI=1S/C15H23F2NO4/c1-5-21-12(19)7-6-11-8-15(16,17)10-18(9-11)13(20)22-14(2,3)4/h6-7,11H,5,8-10H2,1-4H3. The van der Waals surface area contributed by atoms with Crippen LogP contribution in [-0.2, 0) is 14.3 Å². The highest BCUT2D eigenvalue weighted by molar-refractivity contribution is 5.81. The molecule has 0 aromatic heterocycles. The first-order chi connectivity index (χ1) is 10.0. The molecule has 1 rings (SSSR count). The van der Waals surface area contributed by atoms with Gasteiger partial charge in [-0.3, -0.25) is 0 Å². The minimum atomic E-state index is -3.02. The van der Waals surface area contributed by atoms with Crippen molar-refractivity contribution in [2.24, 2.45) is 5.92 Å². The summed E-state index contributed by atoms with van der Waals surface area (Å²) in [7, 11) is 0. The number of halogens is 2. The molecule has 1 aliphatic rings. The molecule has 0 aliphatic carbocycles. The highest BCUT2D eigenvalue weighted by Crippen LogP contribution is 2.32. The summed E-state index contributed by atoms with van der Waals surface area (Å²) >= 11 is 0. The van der Waals surface area contributed by atoms with Gasteiger partial charge in [0.1, 0.15) is 5.60 Å². The van der Waals surface area contributed by atoms with Crippen molar-refractivity contribution in [2.45, 2.75) is 45.6 Å². The first-order valence-corrected chi connectivity index (χ1v) is 7.23. The molecule has 0 spiro atoms. The fourth-order valence-corrected chi connectivity index (χ4v) is 2.14. The smallest absolute Gasteiger partial charge is 0.410 e. The molecule has 7 heteroatoms. The van der Waals surface area contributed by atoms with Crippen LogP contribution in [0.1, 0.15) is 34.1 Å². The van der Waals surface area contributed by atoms with Crippen molar-refractivity contribution in [3.8, 4) is 0 Å². The van der Waals surface area contributed by atoms with E-state index in [4.69, 9.17) is 9.47 Å². The largest absolute Gasteiger partial charge is 0.463 e. The molecule has 5 nitrogen and oxygen atoms in total. The van der Waals surface area contributed by atoms with Gasteiger partial charge in [-0.25, -0.2) is 18.4 Å². The topological polar surface area (TPSA) is 55.8 Å². The van der Waals surface area contributed by atoms with Gasteiger partial charge in [-0.05, 0) is 27.7 Å². The number of amides is 1. The fourth-order valence-electron chi connectivity index (χ4n) is 2.14. The molecule has 1 amide bonds. The average Bonchev–Trinajstić information content (AvgIpc) is 2.33. The molecule has 0 aromatic rings. The highest BCUT2D eigenvalue weighted by Gasteiger charge is 2.42. The third-order valence-corrected chi connectivity index (χ3v) is 2.88. The van der Waals surface area contributed by atoms with Gasteiger partial charge in [0.15, 0.2) is 0 Å². The molecule has 0 radical (unpaired) electrons. The highest BCUT2D eigenvalue weighted by atomic mass is 19.3. The number of carbonyl (C=O) groups is 2. The van der Waals surface area contributed by atoms with E-state index in [0.29, 0.717) is 0 Å². The molecule has 1 aliphatic heterocycles. The second kappa shape index (κ2) is 7.07. The Balaban J connectivity index is 2.73. The van der Waals surface area contributed by atoms with E-state index in [1.807, 2.05) is 0 Å². The molecular weight excluding hydrogens is 296 g/mol. The maximum Gasteiger partial charge on any atom is 0.410 e. The lowest BCUT2D eigenvalue weighted by atomic mass is 9.95. The van der Waals surface area contributed by atoms with Crippen LogP contribution in [-0.4, -0.2) is 48.2 Å². The third-order valence-electron chi connectivity index (χ3n) is 2.88. The van der Waals surface area contributed by atoms with Gasteiger partial charge in [0.05, 0.1) is 13.2 Å². The van der Waals surface area contributed by atoms with E-state index >= 15 is 0 Å². The Morgan fingerprint density at radius 1 is 1.36 bits per heavy atom. The number of likely N-dealkylation sites (tertiary alicyclic amines) is 1. The molecular formula is C15H23F2NO4. The Labute approximate surface area is 129 Å². The van der Waals surface area contributed by atoms with Crippen molar-refractivity contribution in [1.82, 2.24) is 4.90 Å². The van der Waals surface area contributed by atoms with Crippen LogP contribution < -0.4 is 0 Å². The second-order valence-corrected chi connectivity index (χ2v) is 6.29. The van der Waals surface area contributed by atoms with Crippen LogP contribution >= 0.6 is 0 Å². The zero-order valence-corrected chi connectivity index (χ0v) is 13.4. The van der Waals surface area contributed by atoms with Gasteiger partial charge in [0, 0.05) is 25.0 Å². The van der Waals surface area contributed by atoms with E-state index in [-0.39, 0.29) is 13.2 Å². The number of hydrogen-bond donors (Lipinski definition) is 0. The van der Waals surface area contributed by atoms with Gasteiger partial charge < -0.3 is 14.4 Å². The van der Waals surface area contributed by atoms with Crippen LogP contribution in [0.25, 0.3) is 0 Å². The van der Waals surface area contributed by atoms with Crippen LogP contribution in [0.4, 0.5) is 13.6 Å². The van der Waals surface area contributed by atoms with Crippen LogP contribution in [0.15, 0.2) is 12.2 Å². The molecule has 126 valence electrons. The number of carbonyl (C=O) groups excluding carboxylic acids is 2. The van der Waals surface area contributed by atoms with Crippen molar-refractivity contribution in [3.63, 3.8) is 0 Å². The molecule has 0 bridgehead atoms. The van der Waals surface area contributed by atoms with Gasteiger partial charge in [-0.1, -0.05) is 6.08 Å². The molecule has 0 N–H and O–H groups in total. The number of rotatable bonds is 3. The molecule has 1 atom stereocenters. The van der Waals surface area contributed by atoms with E-state index in [2.05, 4.69) is 0 Å². The third kappa shape index (κ3) is 6.41. The van der Waals surface area contributed by atoms with E-state index < -0.39 is 42.5 Å². The van der Waals surface area contributed by atoms with Crippen molar-refractivity contribution in [1.29, 1.82) is 0 Å². The zero-order chi connectivity index (χ0) is 17.0. The molecule has 0 saturated carbocycles. The Bertz CT molecular complexity index is 443. The summed E-state index contributed by atoms with van der Waals surface area (Å²) < 4.78 is 37.4. The summed E-state index contributed by atoms with van der Waals surface area (Å²) in [4.78, 5) is 24.2. The van der Waals surface area contributed by atoms with Gasteiger partial charge in [0.2, 0.25) is 0 Å². The van der Waals surface area contributed by atoms with Crippen molar-refractivity contribution in [3.05, 3.63) is 12.2 Å². The van der Waals surface area contributed by atoms with Crippen molar-refractivity contribution in [2.75, 3.05) is 19.7 Å². The van der Waals surface area contributed by atoms with Crippen molar-refractivity contribution < 1.29 is 27.8 Å². The second-order valence-electron chi connectivity index (χ2n) is 6.29. The minimum absolute atomic E-state index is 0.0837. The van der Waals surface area contributed by atoms with Crippen LogP contribution in [0.3, 0.4) is 0 Å². The van der Waals surface area contributed by atoms with Gasteiger partial charge >= 0.3 is 12.1 Å². The Hall–Kier alpha value is -1.66. The summed E-state index contributed by atoms with van der Waals surface area (Å²) in [5.74, 6) is -4.22. The predicted molar refractivity (Wildman–Crippen MR) is 76.6 cm³/mol. The van der Waals surface area contributed by atoms with Crippen LogP contribution in [0.2, 0.25) is 0 Å². The Morgan fingerprint density at radius 2 is 2.00 bits per heavy atom. The summed E-state index contributed by atoms with van der Waals surface area (Å²) in [6.45, 7) is 6.30. The first-order valence-electron chi connectivity index (χ1n) is 7.23. The summed E-state index contributed by atoms with van der Waals surface area (Å²) in [5.41, 5.74) is -0.750. The molecule has 1 heterocycles. The predicted octanol–water partition coefficient (Wildman–Crippen LogP) is 3.00. The number of ether oxygens (including phenoxy) is 2. The molecule has 22 heavy (non-hydrogen) atoms. The minimum Gasteiger partial charge on any atom is -0.463 e. The monoisotopic (exact) mass is 319 g/mol. The quantitative estimate of drug-likeness (QED) is 0.593. The Morgan fingerprint density at radius 3 is 2.55 bits per heavy atom. The summed E-state index contributed by atoms with van der Waals surface area (Å²) in [6, 6.07) is 0. The zero-order valence-electron chi connectivity index (χ0n) is 13.4. The number of piperidine rings is 1. The number of hydrogen-bond acceptors (Lipinski definition) is 4. The van der Waals surface area contributed by atoms with E-state index in [9.17, 15) is 18.4 Å². The van der Waals surface area contributed by atoms with Gasteiger partial charge in [0.25, 0.3) is 5.92 Å². The van der Waals surface area contributed by atoms with E-state index in [1.165, 1.54) is 6.08 Å². The van der Waals surface area contributed by atoms with Gasteiger partial charge in [-0.2, -0.15) is 0 Å². The molecule has 1 unspecified atom stereocenters. The van der Waals surface area contributed by atoms with E-state index in [0.717, 1.165) is 11.0 Å². The van der Waals surface area contributed by atoms with Gasteiger partial charge in [-0.15, -0.1) is 0 Å². The summed E-state index contributed by atoms with van der Waals surface area (Å²) in [6.07, 6.45) is 1.30. The molecule has 1 saturated heterocycles. The average molecular weight is 319 g/mol. The van der Waals surface area contributed by atoms with Crippen LogP contribution in [0.5, 0.6) is 0 Å². The molecule has 1 fully saturated rings. The number of nitrogens with zero attached hydrogens (tertiary/aromatic N) is 1. The Kier molecular flexibility index (Phi) is 5.91. The number of alkyl halides is 2. The SMILES string of the molecule is CCOC(=O)C=CC1CN(C(=O)OC(C)(C)C)CC(F)(F)C1. The first kappa shape index (κ1) is 18.4. The van der Waals surface area contributed by atoms with Crippen LogP contribution in [0, 0.1) is 5.92 Å². The lowest BCUT2D eigenvalue weighted by Crippen LogP contribution is -2.50.